The largest absolute Gasteiger partial charge is 0.497 e. The van der Waals surface area contributed by atoms with E-state index in [0.717, 1.165) is 11.3 Å². The quantitative estimate of drug-likeness (QED) is 0.710. The predicted molar refractivity (Wildman–Crippen MR) is 80.0 cm³/mol. The Labute approximate surface area is 121 Å². The number of benzene rings is 2. The highest BCUT2D eigenvalue weighted by Gasteiger charge is 2.14. The summed E-state index contributed by atoms with van der Waals surface area (Å²) < 4.78 is 5.15. The zero-order chi connectivity index (χ0) is 13.1. The lowest BCUT2D eigenvalue weighted by Crippen LogP contribution is -1.94. The Kier molecular flexibility index (Phi) is 4.31. The molecule has 0 spiro atoms. The third-order valence-corrected chi connectivity index (χ3v) is 4.20. The first-order chi connectivity index (χ1) is 8.61. The standard InChI is InChI=1S/C15H14BrClO/c1-10-3-5-11(6-4-10)15(16)13-8-7-12(18-2)9-14(13)17/h3-9,15H,1-2H3. The van der Waals surface area contributed by atoms with Crippen molar-refractivity contribution in [2.75, 3.05) is 7.11 Å². The molecule has 0 bridgehead atoms. The van der Waals surface area contributed by atoms with E-state index < -0.39 is 0 Å². The van der Waals surface area contributed by atoms with Crippen molar-refractivity contribution in [3.05, 3.63) is 64.2 Å². The van der Waals surface area contributed by atoms with Gasteiger partial charge in [0.25, 0.3) is 0 Å². The summed E-state index contributed by atoms with van der Waals surface area (Å²) in [5.41, 5.74) is 3.48. The van der Waals surface area contributed by atoms with E-state index in [2.05, 4.69) is 47.1 Å². The van der Waals surface area contributed by atoms with Crippen LogP contribution in [0.3, 0.4) is 0 Å². The van der Waals surface area contributed by atoms with Gasteiger partial charge in [0, 0.05) is 5.02 Å². The Balaban J connectivity index is 2.33. The smallest absolute Gasteiger partial charge is 0.120 e. The first-order valence-electron chi connectivity index (χ1n) is 5.66. The van der Waals surface area contributed by atoms with Crippen molar-refractivity contribution in [2.24, 2.45) is 0 Å². The number of halogens is 2. The second-order valence-electron chi connectivity index (χ2n) is 4.16. The summed E-state index contributed by atoms with van der Waals surface area (Å²) >= 11 is 9.96. The lowest BCUT2D eigenvalue weighted by Gasteiger charge is -2.13. The van der Waals surface area contributed by atoms with Gasteiger partial charge < -0.3 is 4.74 Å². The number of rotatable bonds is 3. The van der Waals surface area contributed by atoms with Gasteiger partial charge in [0.2, 0.25) is 0 Å². The molecule has 0 aliphatic carbocycles. The average molecular weight is 326 g/mol. The molecule has 2 rings (SSSR count). The number of aryl methyl sites for hydroxylation is 1. The molecule has 18 heavy (non-hydrogen) atoms. The highest BCUT2D eigenvalue weighted by Crippen LogP contribution is 2.36. The molecule has 0 saturated heterocycles. The minimum atomic E-state index is 0.0940. The second kappa shape index (κ2) is 5.77. The van der Waals surface area contributed by atoms with Gasteiger partial charge in [-0.3, -0.25) is 0 Å². The van der Waals surface area contributed by atoms with Gasteiger partial charge in [-0.1, -0.05) is 63.4 Å². The molecule has 0 aliphatic heterocycles. The SMILES string of the molecule is COc1ccc(C(Br)c2ccc(C)cc2)c(Cl)c1. The molecule has 94 valence electrons. The third kappa shape index (κ3) is 2.88. The summed E-state index contributed by atoms with van der Waals surface area (Å²) in [6, 6.07) is 14.1. The Hall–Kier alpha value is -0.990. The van der Waals surface area contributed by atoms with E-state index in [1.165, 1.54) is 11.1 Å². The van der Waals surface area contributed by atoms with Gasteiger partial charge in [0.15, 0.2) is 0 Å². The molecule has 2 aromatic carbocycles. The van der Waals surface area contributed by atoms with Crippen LogP contribution in [0.2, 0.25) is 5.02 Å². The van der Waals surface area contributed by atoms with Crippen molar-refractivity contribution in [1.29, 1.82) is 0 Å². The zero-order valence-electron chi connectivity index (χ0n) is 10.3. The number of ether oxygens (including phenoxy) is 1. The van der Waals surface area contributed by atoms with Crippen LogP contribution in [0.1, 0.15) is 21.5 Å². The van der Waals surface area contributed by atoms with Crippen molar-refractivity contribution in [3.8, 4) is 5.75 Å². The monoisotopic (exact) mass is 324 g/mol. The van der Waals surface area contributed by atoms with Gasteiger partial charge >= 0.3 is 0 Å². The van der Waals surface area contributed by atoms with Crippen LogP contribution in [0, 0.1) is 6.92 Å². The Morgan fingerprint density at radius 3 is 2.33 bits per heavy atom. The first kappa shape index (κ1) is 13.4. The molecule has 0 aliphatic rings. The molecule has 0 amide bonds. The molecule has 0 aromatic heterocycles. The Bertz CT molecular complexity index is 537. The van der Waals surface area contributed by atoms with Gasteiger partial charge in [-0.2, -0.15) is 0 Å². The molecular formula is C15H14BrClO. The van der Waals surface area contributed by atoms with Crippen LogP contribution >= 0.6 is 27.5 Å². The van der Waals surface area contributed by atoms with Crippen LogP contribution in [0.15, 0.2) is 42.5 Å². The van der Waals surface area contributed by atoms with E-state index in [0.29, 0.717) is 5.02 Å². The van der Waals surface area contributed by atoms with Crippen LogP contribution in [0.25, 0.3) is 0 Å². The van der Waals surface area contributed by atoms with Crippen LogP contribution in [-0.2, 0) is 0 Å². The van der Waals surface area contributed by atoms with Gasteiger partial charge in [-0.05, 0) is 30.2 Å². The van der Waals surface area contributed by atoms with E-state index in [1.54, 1.807) is 7.11 Å². The van der Waals surface area contributed by atoms with Crippen molar-refractivity contribution < 1.29 is 4.74 Å². The number of hydrogen-bond acceptors (Lipinski definition) is 1. The van der Waals surface area contributed by atoms with E-state index in [9.17, 15) is 0 Å². The van der Waals surface area contributed by atoms with Crippen molar-refractivity contribution in [2.45, 2.75) is 11.8 Å². The van der Waals surface area contributed by atoms with Crippen LogP contribution < -0.4 is 4.74 Å². The summed E-state index contributed by atoms with van der Waals surface area (Å²) in [6.45, 7) is 2.08. The molecule has 0 heterocycles. The molecule has 1 unspecified atom stereocenters. The summed E-state index contributed by atoms with van der Waals surface area (Å²) in [5.74, 6) is 0.771. The summed E-state index contributed by atoms with van der Waals surface area (Å²) in [6.07, 6.45) is 0. The Morgan fingerprint density at radius 1 is 1.11 bits per heavy atom. The van der Waals surface area contributed by atoms with Crippen molar-refractivity contribution in [3.63, 3.8) is 0 Å². The van der Waals surface area contributed by atoms with Gasteiger partial charge in [0.05, 0.1) is 11.9 Å². The van der Waals surface area contributed by atoms with Gasteiger partial charge in [-0.15, -0.1) is 0 Å². The lowest BCUT2D eigenvalue weighted by atomic mass is 10.0. The van der Waals surface area contributed by atoms with Crippen LogP contribution in [0.4, 0.5) is 0 Å². The minimum Gasteiger partial charge on any atom is -0.497 e. The van der Waals surface area contributed by atoms with E-state index in [4.69, 9.17) is 16.3 Å². The highest BCUT2D eigenvalue weighted by molar-refractivity contribution is 9.09. The zero-order valence-corrected chi connectivity index (χ0v) is 12.6. The number of alkyl halides is 1. The Morgan fingerprint density at radius 2 is 1.78 bits per heavy atom. The molecule has 1 nitrogen and oxygen atoms in total. The third-order valence-electron chi connectivity index (χ3n) is 2.85. The fourth-order valence-electron chi connectivity index (χ4n) is 1.76. The van der Waals surface area contributed by atoms with E-state index in [1.807, 2.05) is 18.2 Å². The lowest BCUT2D eigenvalue weighted by molar-refractivity contribution is 0.414. The molecule has 0 saturated carbocycles. The summed E-state index contributed by atoms with van der Waals surface area (Å²) in [5, 5.41) is 0.705. The molecule has 1 atom stereocenters. The van der Waals surface area contributed by atoms with Crippen LogP contribution in [0.5, 0.6) is 5.75 Å². The number of methoxy groups -OCH3 is 1. The van der Waals surface area contributed by atoms with E-state index in [-0.39, 0.29) is 4.83 Å². The normalized spacial score (nSPS) is 12.2. The maximum absolute atomic E-state index is 6.27. The summed E-state index contributed by atoms with van der Waals surface area (Å²) in [7, 11) is 1.64. The minimum absolute atomic E-state index is 0.0940. The molecule has 2 aromatic rings. The van der Waals surface area contributed by atoms with Gasteiger partial charge in [-0.25, -0.2) is 0 Å². The van der Waals surface area contributed by atoms with E-state index >= 15 is 0 Å². The summed E-state index contributed by atoms with van der Waals surface area (Å²) in [4.78, 5) is 0.0940. The molecule has 3 heteroatoms. The van der Waals surface area contributed by atoms with Crippen LogP contribution in [-0.4, -0.2) is 7.11 Å². The molecular weight excluding hydrogens is 312 g/mol. The fourth-order valence-corrected chi connectivity index (χ4v) is 2.87. The fraction of sp³-hybridized carbons (Fsp3) is 0.200. The topological polar surface area (TPSA) is 9.23 Å². The predicted octanol–water partition coefficient (Wildman–Crippen LogP) is 5.14. The highest BCUT2D eigenvalue weighted by atomic mass is 79.9. The maximum Gasteiger partial charge on any atom is 0.120 e. The van der Waals surface area contributed by atoms with Crippen molar-refractivity contribution in [1.82, 2.24) is 0 Å². The maximum atomic E-state index is 6.27. The van der Waals surface area contributed by atoms with Gasteiger partial charge in [0.1, 0.15) is 5.75 Å². The average Bonchev–Trinajstić information content (AvgIpc) is 2.38. The second-order valence-corrected chi connectivity index (χ2v) is 5.48. The molecule has 0 fully saturated rings. The molecule has 0 N–H and O–H groups in total. The number of hydrogen-bond donors (Lipinski definition) is 0. The molecule has 0 radical (unpaired) electrons. The van der Waals surface area contributed by atoms with Crippen molar-refractivity contribution >= 4 is 27.5 Å². The first-order valence-corrected chi connectivity index (χ1v) is 6.95.